The molecule has 2 amide bonds. The first-order chi connectivity index (χ1) is 11.6. The average Bonchev–Trinajstić information content (AvgIpc) is 2.57. The summed E-state index contributed by atoms with van der Waals surface area (Å²) in [6.45, 7) is 2.29. The molecule has 0 aromatic heterocycles. The molecule has 0 aliphatic heterocycles. The smallest absolute Gasteiger partial charge is 0.321 e. The van der Waals surface area contributed by atoms with Crippen LogP contribution < -0.4 is 20.1 Å². The van der Waals surface area contributed by atoms with Crippen LogP contribution in [0.25, 0.3) is 0 Å². The summed E-state index contributed by atoms with van der Waals surface area (Å²) in [6.07, 6.45) is 0. The quantitative estimate of drug-likeness (QED) is 0.461. The van der Waals surface area contributed by atoms with Gasteiger partial charge in [0.15, 0.2) is 18.2 Å². The van der Waals surface area contributed by atoms with Gasteiger partial charge in [-0.25, -0.2) is 4.79 Å². The minimum atomic E-state index is -0.538. The van der Waals surface area contributed by atoms with Crippen molar-refractivity contribution in [2.45, 2.75) is 6.92 Å². The summed E-state index contributed by atoms with van der Waals surface area (Å²) in [7, 11) is 0. The Kier molecular flexibility index (Phi) is 5.95. The van der Waals surface area contributed by atoms with Crippen molar-refractivity contribution >= 4 is 17.4 Å². The Labute approximate surface area is 138 Å². The molecule has 8 nitrogen and oxygen atoms in total. The average molecular weight is 331 g/mol. The fraction of sp³-hybridized carbons (Fsp3) is 0.188. The van der Waals surface area contributed by atoms with Crippen molar-refractivity contribution in [3.63, 3.8) is 0 Å². The van der Waals surface area contributed by atoms with Crippen LogP contribution in [0, 0.1) is 10.1 Å². The SMILES string of the molecule is CCOc1ccccc1OCNC(=O)Nc1cccc([N+](=O)[O-])c1. The molecule has 0 heterocycles. The summed E-state index contributed by atoms with van der Waals surface area (Å²) in [5.74, 6) is 1.09. The number of nitrogens with one attached hydrogen (secondary N) is 2. The first-order valence-electron chi connectivity index (χ1n) is 7.24. The number of rotatable bonds is 7. The lowest BCUT2D eigenvalue weighted by Crippen LogP contribution is -2.32. The van der Waals surface area contributed by atoms with E-state index in [1.807, 2.05) is 13.0 Å². The highest BCUT2D eigenvalue weighted by Crippen LogP contribution is 2.25. The molecule has 0 saturated carbocycles. The minimum Gasteiger partial charge on any atom is -0.490 e. The molecule has 8 heteroatoms. The lowest BCUT2D eigenvalue weighted by Gasteiger charge is -2.12. The Bertz CT molecular complexity index is 720. The predicted octanol–water partition coefficient (Wildman–Crippen LogP) is 3.15. The zero-order valence-corrected chi connectivity index (χ0v) is 13.0. The molecule has 0 aliphatic rings. The number of urea groups is 1. The van der Waals surface area contributed by atoms with Gasteiger partial charge in [-0.1, -0.05) is 18.2 Å². The third kappa shape index (κ3) is 4.87. The standard InChI is InChI=1S/C16H17N3O5/c1-2-23-14-8-3-4-9-15(14)24-11-17-16(20)18-12-6-5-7-13(10-12)19(21)22/h3-10H,2,11H2,1H3,(H2,17,18,20). The molecule has 0 spiro atoms. The van der Waals surface area contributed by atoms with Crippen molar-refractivity contribution in [1.29, 1.82) is 0 Å². The van der Waals surface area contributed by atoms with Gasteiger partial charge in [0.25, 0.3) is 5.69 Å². The normalized spacial score (nSPS) is 9.88. The number of hydrogen-bond acceptors (Lipinski definition) is 5. The number of nitro groups is 1. The molecule has 0 saturated heterocycles. The number of nitro benzene ring substituents is 1. The summed E-state index contributed by atoms with van der Waals surface area (Å²) in [4.78, 5) is 22.0. The highest BCUT2D eigenvalue weighted by molar-refractivity contribution is 5.89. The molecule has 2 aromatic carbocycles. The van der Waals surface area contributed by atoms with Crippen LogP contribution in [0.1, 0.15) is 6.92 Å². The molecule has 2 N–H and O–H groups in total. The van der Waals surface area contributed by atoms with Crippen LogP contribution in [0.4, 0.5) is 16.2 Å². The second-order valence-electron chi connectivity index (χ2n) is 4.61. The maximum Gasteiger partial charge on any atom is 0.321 e. The van der Waals surface area contributed by atoms with Gasteiger partial charge in [0.2, 0.25) is 0 Å². The Hall–Kier alpha value is -3.29. The van der Waals surface area contributed by atoms with Crippen LogP contribution in [0.3, 0.4) is 0 Å². The van der Waals surface area contributed by atoms with Crippen molar-refractivity contribution in [2.24, 2.45) is 0 Å². The Morgan fingerprint density at radius 1 is 1.12 bits per heavy atom. The number of para-hydroxylation sites is 2. The third-order valence-corrected chi connectivity index (χ3v) is 2.92. The summed E-state index contributed by atoms with van der Waals surface area (Å²) >= 11 is 0. The highest BCUT2D eigenvalue weighted by atomic mass is 16.6. The van der Waals surface area contributed by atoms with Crippen LogP contribution in [0.15, 0.2) is 48.5 Å². The molecule has 24 heavy (non-hydrogen) atoms. The van der Waals surface area contributed by atoms with Crippen LogP contribution in [0.2, 0.25) is 0 Å². The van der Waals surface area contributed by atoms with Gasteiger partial charge in [0.05, 0.1) is 11.5 Å². The monoisotopic (exact) mass is 331 g/mol. The van der Waals surface area contributed by atoms with Gasteiger partial charge in [-0.05, 0) is 25.1 Å². The minimum absolute atomic E-state index is 0.0785. The molecule has 2 aromatic rings. The topological polar surface area (TPSA) is 103 Å². The first kappa shape index (κ1) is 17.1. The van der Waals surface area contributed by atoms with Crippen LogP contribution in [-0.4, -0.2) is 24.3 Å². The molecular formula is C16H17N3O5. The first-order valence-corrected chi connectivity index (χ1v) is 7.24. The largest absolute Gasteiger partial charge is 0.490 e. The van der Waals surface area contributed by atoms with E-state index >= 15 is 0 Å². The number of amides is 2. The van der Waals surface area contributed by atoms with E-state index in [-0.39, 0.29) is 12.4 Å². The number of non-ortho nitro benzene ring substituents is 1. The Morgan fingerprint density at radius 3 is 2.50 bits per heavy atom. The molecule has 0 unspecified atom stereocenters. The van der Waals surface area contributed by atoms with E-state index in [9.17, 15) is 14.9 Å². The zero-order valence-electron chi connectivity index (χ0n) is 13.0. The second-order valence-corrected chi connectivity index (χ2v) is 4.61. The Balaban J connectivity index is 1.86. The van der Waals surface area contributed by atoms with E-state index in [1.165, 1.54) is 18.2 Å². The molecule has 0 radical (unpaired) electrons. The highest BCUT2D eigenvalue weighted by Gasteiger charge is 2.08. The number of hydrogen-bond donors (Lipinski definition) is 2. The van der Waals surface area contributed by atoms with Crippen molar-refractivity contribution in [2.75, 3.05) is 18.7 Å². The molecule has 0 bridgehead atoms. The van der Waals surface area contributed by atoms with Gasteiger partial charge < -0.3 is 20.1 Å². The summed E-state index contributed by atoms with van der Waals surface area (Å²) in [5.41, 5.74) is 0.214. The lowest BCUT2D eigenvalue weighted by molar-refractivity contribution is -0.384. The molecule has 0 fully saturated rings. The summed E-state index contributed by atoms with van der Waals surface area (Å²) in [5, 5.41) is 15.7. The number of carbonyl (C=O) groups is 1. The van der Waals surface area contributed by atoms with Crippen molar-refractivity contribution in [1.82, 2.24) is 5.32 Å². The maximum absolute atomic E-state index is 11.8. The van der Waals surface area contributed by atoms with Crippen LogP contribution in [0.5, 0.6) is 11.5 Å². The summed E-state index contributed by atoms with van der Waals surface area (Å²) in [6, 6.07) is 12.2. The van der Waals surface area contributed by atoms with E-state index < -0.39 is 11.0 Å². The third-order valence-electron chi connectivity index (χ3n) is 2.92. The zero-order chi connectivity index (χ0) is 17.4. The number of benzene rings is 2. The molecule has 2 rings (SSSR count). The maximum atomic E-state index is 11.8. The summed E-state index contributed by atoms with van der Waals surface area (Å²) < 4.78 is 10.9. The van der Waals surface area contributed by atoms with Gasteiger partial charge in [-0.2, -0.15) is 0 Å². The number of anilines is 1. The number of ether oxygens (including phenoxy) is 2. The lowest BCUT2D eigenvalue weighted by atomic mass is 10.3. The number of nitrogens with zero attached hydrogens (tertiary/aromatic N) is 1. The molecular weight excluding hydrogens is 314 g/mol. The molecule has 126 valence electrons. The van der Waals surface area contributed by atoms with Crippen molar-refractivity contribution < 1.29 is 19.2 Å². The van der Waals surface area contributed by atoms with Gasteiger partial charge in [-0.3, -0.25) is 10.1 Å². The van der Waals surface area contributed by atoms with Crippen LogP contribution >= 0.6 is 0 Å². The van der Waals surface area contributed by atoms with Gasteiger partial charge in [0.1, 0.15) is 0 Å². The second kappa shape index (κ2) is 8.37. The molecule has 0 aliphatic carbocycles. The van der Waals surface area contributed by atoms with Crippen molar-refractivity contribution in [3.8, 4) is 11.5 Å². The van der Waals surface area contributed by atoms with Gasteiger partial charge in [0, 0.05) is 17.8 Å². The van der Waals surface area contributed by atoms with Crippen molar-refractivity contribution in [3.05, 3.63) is 58.6 Å². The fourth-order valence-corrected chi connectivity index (χ4v) is 1.90. The van der Waals surface area contributed by atoms with Gasteiger partial charge in [-0.15, -0.1) is 0 Å². The van der Waals surface area contributed by atoms with Crippen LogP contribution in [-0.2, 0) is 0 Å². The Morgan fingerprint density at radius 2 is 1.83 bits per heavy atom. The van der Waals surface area contributed by atoms with E-state index in [4.69, 9.17) is 9.47 Å². The number of carbonyl (C=O) groups excluding carboxylic acids is 1. The van der Waals surface area contributed by atoms with E-state index in [2.05, 4.69) is 10.6 Å². The van der Waals surface area contributed by atoms with E-state index in [0.717, 1.165) is 0 Å². The van der Waals surface area contributed by atoms with E-state index in [0.29, 0.717) is 23.8 Å². The van der Waals surface area contributed by atoms with E-state index in [1.54, 1.807) is 24.3 Å². The molecule has 0 atom stereocenters. The van der Waals surface area contributed by atoms with Gasteiger partial charge >= 0.3 is 6.03 Å². The predicted molar refractivity (Wildman–Crippen MR) is 88.4 cm³/mol. The fourth-order valence-electron chi connectivity index (χ4n) is 1.90.